The average Bonchev–Trinajstić information content (AvgIpc) is 3.87. The highest BCUT2D eigenvalue weighted by atomic mass is 16.8. The number of carbonyl (C=O) groups excluding carboxylic acids is 5. The lowest BCUT2D eigenvalue weighted by molar-refractivity contribution is -0.257. The van der Waals surface area contributed by atoms with E-state index in [9.17, 15) is 49.5 Å². The van der Waals surface area contributed by atoms with E-state index in [1.54, 1.807) is 6.92 Å². The van der Waals surface area contributed by atoms with E-state index in [1.165, 1.54) is 27.7 Å². The molecule has 20 atom stereocenters. The van der Waals surface area contributed by atoms with Crippen LogP contribution in [0.4, 0.5) is 0 Å². The summed E-state index contributed by atoms with van der Waals surface area (Å²) in [6.07, 6.45) is -10.9. The van der Waals surface area contributed by atoms with Gasteiger partial charge in [-0.15, -0.1) is 0 Å². The number of aliphatic hydroxyl groups excluding tert-OH is 4. The minimum atomic E-state index is -2.24. The number of ketones is 3. The van der Waals surface area contributed by atoms with Crippen molar-refractivity contribution in [2.24, 2.45) is 57.7 Å². The zero-order valence-corrected chi connectivity index (χ0v) is 26.3. The molecule has 46 heavy (non-hydrogen) atoms. The summed E-state index contributed by atoms with van der Waals surface area (Å²) in [6.45, 7) is 7.93. The van der Waals surface area contributed by atoms with Crippen LogP contribution in [0.25, 0.3) is 0 Å². The summed E-state index contributed by atoms with van der Waals surface area (Å²) in [6, 6.07) is 0. The molecule has 5 aliphatic carbocycles. The van der Waals surface area contributed by atoms with Gasteiger partial charge in [-0.2, -0.15) is 0 Å². The maximum absolute atomic E-state index is 14.6. The molecule has 3 saturated heterocycles. The van der Waals surface area contributed by atoms with Gasteiger partial charge in [0.2, 0.25) is 5.79 Å². The Morgan fingerprint density at radius 1 is 0.891 bits per heavy atom. The van der Waals surface area contributed by atoms with Crippen molar-refractivity contribution in [3.05, 3.63) is 0 Å². The first-order valence-electron chi connectivity index (χ1n) is 16.1. The van der Waals surface area contributed by atoms with Crippen molar-refractivity contribution in [3.8, 4) is 0 Å². The van der Waals surface area contributed by atoms with Crippen LogP contribution in [0.15, 0.2) is 0 Å². The summed E-state index contributed by atoms with van der Waals surface area (Å²) in [7, 11) is 0. The summed E-state index contributed by atoms with van der Waals surface area (Å²) < 4.78 is 23.1. The third-order valence-corrected chi connectivity index (χ3v) is 14.5. The van der Waals surface area contributed by atoms with Gasteiger partial charge in [0.25, 0.3) is 0 Å². The first-order chi connectivity index (χ1) is 21.3. The molecule has 0 radical (unpaired) electrons. The van der Waals surface area contributed by atoms with Crippen LogP contribution in [0.2, 0.25) is 0 Å². The van der Waals surface area contributed by atoms with Gasteiger partial charge in [0.15, 0.2) is 11.4 Å². The van der Waals surface area contributed by atoms with E-state index in [1.807, 2.05) is 0 Å². The number of rotatable bonds is 3. The van der Waals surface area contributed by atoms with Crippen molar-refractivity contribution in [3.63, 3.8) is 0 Å². The Labute approximate surface area is 263 Å². The van der Waals surface area contributed by atoms with E-state index in [-0.39, 0.29) is 6.42 Å². The number of hydrogen-bond donors (Lipinski definition) is 5. The first kappa shape index (κ1) is 31.0. The molecule has 20 unspecified atom stereocenters. The Hall–Kier alpha value is -2.33. The molecule has 14 nitrogen and oxygen atoms in total. The minimum Gasteiger partial charge on any atom is -0.459 e. The fourth-order valence-corrected chi connectivity index (χ4v) is 12.7. The summed E-state index contributed by atoms with van der Waals surface area (Å²) in [5, 5.41) is 60.4. The highest BCUT2D eigenvalue weighted by Gasteiger charge is 2.94. The van der Waals surface area contributed by atoms with Crippen molar-refractivity contribution in [1.29, 1.82) is 0 Å². The van der Waals surface area contributed by atoms with Crippen LogP contribution in [0.5, 0.6) is 0 Å². The van der Waals surface area contributed by atoms with Crippen LogP contribution < -0.4 is 0 Å². The highest BCUT2D eigenvalue weighted by molar-refractivity contribution is 5.96. The molecule has 0 aromatic rings. The second-order valence-corrected chi connectivity index (χ2v) is 15.6. The van der Waals surface area contributed by atoms with Gasteiger partial charge >= 0.3 is 11.9 Å². The van der Waals surface area contributed by atoms with E-state index in [0.29, 0.717) is 0 Å². The van der Waals surface area contributed by atoms with Crippen LogP contribution >= 0.6 is 0 Å². The molecular weight excluding hydrogens is 608 g/mol. The van der Waals surface area contributed by atoms with Crippen LogP contribution in [0.3, 0.4) is 0 Å². The molecular formula is C32H40O14. The summed E-state index contributed by atoms with van der Waals surface area (Å²) in [4.78, 5) is 68.7. The van der Waals surface area contributed by atoms with Gasteiger partial charge in [0.1, 0.15) is 42.1 Å². The molecule has 1 spiro atoms. The number of fused-ring (bicyclic) bond motifs is 9. The number of hydrogen-bond acceptors (Lipinski definition) is 14. The predicted molar refractivity (Wildman–Crippen MR) is 147 cm³/mol. The normalized spacial score (nSPS) is 61.8. The molecule has 3 heterocycles. The summed E-state index contributed by atoms with van der Waals surface area (Å²) in [5.74, 6) is -14.3. The van der Waals surface area contributed by atoms with Gasteiger partial charge in [0, 0.05) is 36.5 Å². The largest absolute Gasteiger partial charge is 0.459 e. The van der Waals surface area contributed by atoms with Crippen LogP contribution in [0, 0.1) is 57.7 Å². The molecule has 0 aromatic heterocycles. The van der Waals surface area contributed by atoms with Crippen LogP contribution in [0.1, 0.15) is 48.0 Å². The zero-order chi connectivity index (χ0) is 33.6. The number of aliphatic hydroxyl groups is 5. The van der Waals surface area contributed by atoms with E-state index in [2.05, 4.69) is 0 Å². The monoisotopic (exact) mass is 648 g/mol. The lowest BCUT2D eigenvalue weighted by atomic mass is 9.39. The van der Waals surface area contributed by atoms with Gasteiger partial charge in [-0.3, -0.25) is 19.2 Å². The highest BCUT2D eigenvalue weighted by Crippen LogP contribution is 2.80. The molecule has 14 heteroatoms. The van der Waals surface area contributed by atoms with E-state index < -0.39 is 147 Å². The zero-order valence-electron chi connectivity index (χ0n) is 26.3. The van der Waals surface area contributed by atoms with Gasteiger partial charge in [-0.05, 0) is 46.0 Å². The molecule has 8 rings (SSSR count). The average molecular weight is 649 g/mol. The number of Topliss-reactive ketones (excluding diaryl/α,β-unsaturated/α-hetero) is 3. The van der Waals surface area contributed by atoms with Gasteiger partial charge in [-0.25, -0.2) is 4.79 Å². The molecule has 8 fully saturated rings. The molecule has 0 aromatic carbocycles. The summed E-state index contributed by atoms with van der Waals surface area (Å²) >= 11 is 0. The Morgan fingerprint density at radius 3 is 2.11 bits per heavy atom. The van der Waals surface area contributed by atoms with E-state index >= 15 is 0 Å². The quantitative estimate of drug-likeness (QED) is 0.166. The maximum Gasteiger partial charge on any atom is 0.341 e. The Morgan fingerprint density at radius 2 is 1.52 bits per heavy atom. The molecule has 252 valence electrons. The lowest BCUT2D eigenvalue weighted by Crippen LogP contribution is -2.77. The molecule has 5 N–H and O–H groups in total. The maximum atomic E-state index is 14.6. The van der Waals surface area contributed by atoms with Crippen LogP contribution in [-0.4, -0.2) is 115 Å². The van der Waals surface area contributed by atoms with Crippen molar-refractivity contribution in [2.45, 2.75) is 108 Å². The Kier molecular flexibility index (Phi) is 5.81. The van der Waals surface area contributed by atoms with E-state index in [4.69, 9.17) is 18.9 Å². The number of ether oxygens (including phenoxy) is 4. The fourth-order valence-electron chi connectivity index (χ4n) is 12.7. The first-order valence-corrected chi connectivity index (χ1v) is 16.1. The summed E-state index contributed by atoms with van der Waals surface area (Å²) in [5.41, 5.74) is -7.95. The molecule has 5 saturated carbocycles. The smallest absolute Gasteiger partial charge is 0.341 e. The Balaban J connectivity index is 1.41. The molecule has 3 aliphatic heterocycles. The molecule has 8 aliphatic rings. The number of carbonyl (C=O) groups is 5. The second kappa shape index (κ2) is 8.63. The lowest BCUT2D eigenvalue weighted by Gasteiger charge is -2.64. The third kappa shape index (κ3) is 2.84. The van der Waals surface area contributed by atoms with Crippen molar-refractivity contribution >= 4 is 29.3 Å². The van der Waals surface area contributed by atoms with E-state index in [0.717, 1.165) is 6.92 Å². The SMILES string of the molecule is CC(=O)OC1C(O)C2(C(C)=O)C(C(O)C3C2C(C)C2OC24OC(=O)C(C)(O)C34C)C2C(=O)C(O)C3CC4OC4C(O)C3(C(C)=O)C12. The standard InChI is InChI=1S/C32H40O14/c1-8-15-18(28(5)29(6,42)27(41)46-32(28)26(8)45-32)21(38)16-14-17(23(43-11(4)35)25(40)31(15,16)10(3)34)30(9(2)33)12(19(36)20(14)37)7-13-22(44-13)24(30)39/h8,12-19,21-26,36,38-40,42H,7H2,1-6H3. The fraction of sp³-hybridized carbons (Fsp3) is 0.844. The van der Waals surface area contributed by atoms with Crippen molar-refractivity contribution in [2.75, 3.05) is 0 Å². The Bertz CT molecular complexity index is 1510. The second-order valence-electron chi connectivity index (χ2n) is 15.6. The van der Waals surface area contributed by atoms with Gasteiger partial charge in [0.05, 0.1) is 34.6 Å². The van der Waals surface area contributed by atoms with Crippen molar-refractivity contribution < 1.29 is 68.5 Å². The van der Waals surface area contributed by atoms with Gasteiger partial charge in [-0.1, -0.05) is 6.92 Å². The predicted octanol–water partition coefficient (Wildman–Crippen LogP) is -1.95. The van der Waals surface area contributed by atoms with Crippen LogP contribution in [-0.2, 0) is 42.9 Å². The topological polar surface area (TPSA) is 230 Å². The number of esters is 2. The molecule has 0 amide bonds. The third-order valence-electron chi connectivity index (χ3n) is 14.5. The number of epoxide rings is 2. The minimum absolute atomic E-state index is 0.0373. The van der Waals surface area contributed by atoms with Crippen molar-refractivity contribution in [1.82, 2.24) is 0 Å². The van der Waals surface area contributed by atoms with Gasteiger partial charge < -0.3 is 44.5 Å². The molecule has 0 bridgehead atoms.